The summed E-state index contributed by atoms with van der Waals surface area (Å²) < 4.78 is 0. The molecule has 0 aliphatic heterocycles. The van der Waals surface area contributed by atoms with Crippen LogP contribution in [0.4, 0.5) is 0 Å². The Hall–Kier alpha value is -2.69. The van der Waals surface area contributed by atoms with Crippen molar-refractivity contribution < 1.29 is 14.7 Å². The van der Waals surface area contributed by atoms with Crippen molar-refractivity contribution in [1.82, 2.24) is 9.88 Å². The van der Waals surface area contributed by atoms with E-state index in [9.17, 15) is 9.59 Å². The molecular formula is C18H20N2O3. The fraction of sp³-hybridized carbons (Fsp3) is 0.278. The molecule has 0 bridgehead atoms. The van der Waals surface area contributed by atoms with E-state index in [-0.39, 0.29) is 18.7 Å². The maximum absolute atomic E-state index is 12.1. The molecule has 5 heteroatoms. The fourth-order valence-electron chi connectivity index (χ4n) is 2.36. The normalized spacial score (nSPS) is 10.3. The lowest BCUT2D eigenvalue weighted by Gasteiger charge is -2.21. The second-order valence-electron chi connectivity index (χ2n) is 5.24. The third-order valence-corrected chi connectivity index (χ3v) is 3.60. The number of rotatable bonds is 7. The summed E-state index contributed by atoms with van der Waals surface area (Å²) in [5, 5.41) is 8.69. The zero-order valence-electron chi connectivity index (χ0n) is 13.1. The van der Waals surface area contributed by atoms with Crippen molar-refractivity contribution in [2.24, 2.45) is 0 Å². The first kappa shape index (κ1) is 16.7. The van der Waals surface area contributed by atoms with Crippen molar-refractivity contribution >= 4 is 11.9 Å². The Morgan fingerprint density at radius 1 is 1.09 bits per heavy atom. The SMILES string of the molecule is CCN(Cc1cccc(-c2ccncc2)c1)C(=O)CCC(=O)O. The molecule has 1 aromatic heterocycles. The van der Waals surface area contributed by atoms with Gasteiger partial charge in [0.05, 0.1) is 6.42 Å². The van der Waals surface area contributed by atoms with Gasteiger partial charge in [-0.05, 0) is 41.8 Å². The summed E-state index contributed by atoms with van der Waals surface area (Å²) in [4.78, 5) is 28.4. The van der Waals surface area contributed by atoms with Gasteiger partial charge in [0.2, 0.25) is 5.91 Å². The number of amides is 1. The van der Waals surface area contributed by atoms with Crippen molar-refractivity contribution in [3.8, 4) is 11.1 Å². The molecule has 1 heterocycles. The molecule has 0 aliphatic rings. The molecule has 0 spiro atoms. The minimum Gasteiger partial charge on any atom is -0.481 e. The third-order valence-electron chi connectivity index (χ3n) is 3.60. The van der Waals surface area contributed by atoms with Gasteiger partial charge in [-0.3, -0.25) is 14.6 Å². The van der Waals surface area contributed by atoms with Gasteiger partial charge in [-0.15, -0.1) is 0 Å². The Balaban J connectivity index is 2.09. The van der Waals surface area contributed by atoms with E-state index in [0.717, 1.165) is 16.7 Å². The van der Waals surface area contributed by atoms with Crippen LogP contribution in [0.5, 0.6) is 0 Å². The van der Waals surface area contributed by atoms with Crippen LogP contribution < -0.4 is 0 Å². The van der Waals surface area contributed by atoms with Crippen LogP contribution in [0.25, 0.3) is 11.1 Å². The van der Waals surface area contributed by atoms with E-state index >= 15 is 0 Å². The number of benzene rings is 1. The predicted octanol–water partition coefficient (Wildman–Crippen LogP) is 2.96. The van der Waals surface area contributed by atoms with Crippen LogP contribution >= 0.6 is 0 Å². The highest BCUT2D eigenvalue weighted by molar-refractivity contribution is 5.80. The smallest absolute Gasteiger partial charge is 0.303 e. The van der Waals surface area contributed by atoms with Crippen LogP contribution in [-0.4, -0.2) is 33.4 Å². The minimum absolute atomic E-state index is 0.0349. The molecule has 1 amide bonds. The Morgan fingerprint density at radius 3 is 2.48 bits per heavy atom. The molecule has 1 N–H and O–H groups in total. The van der Waals surface area contributed by atoms with Crippen LogP contribution in [0.3, 0.4) is 0 Å². The maximum atomic E-state index is 12.1. The molecule has 0 atom stereocenters. The lowest BCUT2D eigenvalue weighted by Crippen LogP contribution is -2.30. The van der Waals surface area contributed by atoms with Crippen molar-refractivity contribution in [3.05, 3.63) is 54.4 Å². The van der Waals surface area contributed by atoms with Crippen molar-refractivity contribution in [2.45, 2.75) is 26.3 Å². The van der Waals surface area contributed by atoms with E-state index in [1.807, 2.05) is 43.3 Å². The van der Waals surface area contributed by atoms with Crippen LogP contribution in [-0.2, 0) is 16.1 Å². The lowest BCUT2D eigenvalue weighted by molar-refractivity contribution is -0.141. The molecule has 0 saturated carbocycles. The van der Waals surface area contributed by atoms with Gasteiger partial charge in [0.25, 0.3) is 0 Å². The van der Waals surface area contributed by atoms with Crippen molar-refractivity contribution in [3.63, 3.8) is 0 Å². The number of carboxylic acids is 1. The Kier molecular flexibility index (Phi) is 5.86. The van der Waals surface area contributed by atoms with E-state index < -0.39 is 5.97 Å². The predicted molar refractivity (Wildman–Crippen MR) is 87.6 cm³/mol. The minimum atomic E-state index is -0.950. The summed E-state index contributed by atoms with van der Waals surface area (Å²) in [5.74, 6) is -1.08. The van der Waals surface area contributed by atoms with Crippen LogP contribution in [0.15, 0.2) is 48.8 Å². The van der Waals surface area contributed by atoms with Gasteiger partial charge in [0.1, 0.15) is 0 Å². The van der Waals surface area contributed by atoms with Crippen LogP contribution in [0.1, 0.15) is 25.3 Å². The monoisotopic (exact) mass is 312 g/mol. The first-order valence-electron chi connectivity index (χ1n) is 7.59. The highest BCUT2D eigenvalue weighted by atomic mass is 16.4. The first-order valence-corrected chi connectivity index (χ1v) is 7.59. The van der Waals surface area contributed by atoms with Crippen LogP contribution in [0.2, 0.25) is 0 Å². The van der Waals surface area contributed by atoms with Crippen molar-refractivity contribution in [1.29, 1.82) is 0 Å². The lowest BCUT2D eigenvalue weighted by atomic mass is 10.0. The summed E-state index contributed by atoms with van der Waals surface area (Å²) in [7, 11) is 0. The van der Waals surface area contributed by atoms with Gasteiger partial charge in [-0.25, -0.2) is 0 Å². The summed E-state index contributed by atoms with van der Waals surface area (Å²) in [5.41, 5.74) is 3.16. The van der Waals surface area contributed by atoms with Gasteiger partial charge >= 0.3 is 5.97 Å². The first-order chi connectivity index (χ1) is 11.1. The molecule has 0 unspecified atom stereocenters. The Labute approximate surface area is 135 Å². The van der Waals surface area contributed by atoms with E-state index in [2.05, 4.69) is 4.98 Å². The number of nitrogens with zero attached hydrogens (tertiary/aromatic N) is 2. The molecule has 0 saturated heterocycles. The average Bonchev–Trinajstić information content (AvgIpc) is 2.58. The number of hydrogen-bond donors (Lipinski definition) is 1. The molecule has 1 aromatic carbocycles. The third kappa shape index (κ3) is 4.92. The zero-order chi connectivity index (χ0) is 16.7. The number of aromatic nitrogens is 1. The molecule has 0 fully saturated rings. The van der Waals surface area contributed by atoms with Gasteiger partial charge in [0.15, 0.2) is 0 Å². The number of pyridine rings is 1. The highest BCUT2D eigenvalue weighted by Crippen LogP contribution is 2.20. The molecular weight excluding hydrogens is 292 g/mol. The largest absolute Gasteiger partial charge is 0.481 e. The van der Waals surface area contributed by atoms with Gasteiger partial charge in [0, 0.05) is 31.9 Å². The number of aliphatic carboxylic acids is 1. The summed E-state index contributed by atoms with van der Waals surface area (Å²) in [6.45, 7) is 2.93. The summed E-state index contributed by atoms with van der Waals surface area (Å²) in [6.07, 6.45) is 3.39. The second-order valence-corrected chi connectivity index (χ2v) is 5.24. The van der Waals surface area contributed by atoms with E-state index in [1.54, 1.807) is 17.3 Å². The second kappa shape index (κ2) is 8.08. The number of carbonyl (C=O) groups is 2. The fourth-order valence-corrected chi connectivity index (χ4v) is 2.36. The Morgan fingerprint density at radius 2 is 1.83 bits per heavy atom. The summed E-state index contributed by atoms with van der Waals surface area (Å²) >= 11 is 0. The number of hydrogen-bond acceptors (Lipinski definition) is 3. The molecule has 2 aromatic rings. The quantitative estimate of drug-likeness (QED) is 0.853. The average molecular weight is 312 g/mol. The molecule has 23 heavy (non-hydrogen) atoms. The highest BCUT2D eigenvalue weighted by Gasteiger charge is 2.14. The van der Waals surface area contributed by atoms with Gasteiger partial charge < -0.3 is 10.0 Å². The maximum Gasteiger partial charge on any atom is 0.303 e. The topological polar surface area (TPSA) is 70.5 Å². The van der Waals surface area contributed by atoms with Crippen LogP contribution in [0, 0.1) is 0 Å². The summed E-state index contributed by atoms with van der Waals surface area (Å²) in [6, 6.07) is 11.9. The molecule has 120 valence electrons. The Bertz CT molecular complexity index is 671. The van der Waals surface area contributed by atoms with Crippen molar-refractivity contribution in [2.75, 3.05) is 6.54 Å². The molecule has 0 radical (unpaired) electrons. The van der Waals surface area contributed by atoms with E-state index in [4.69, 9.17) is 5.11 Å². The van der Waals surface area contributed by atoms with E-state index in [1.165, 1.54) is 0 Å². The van der Waals surface area contributed by atoms with E-state index in [0.29, 0.717) is 13.1 Å². The number of carbonyl (C=O) groups excluding carboxylic acids is 1. The molecule has 5 nitrogen and oxygen atoms in total. The standard InChI is InChI=1S/C18H20N2O3/c1-2-20(17(21)6-7-18(22)23)13-14-4-3-5-16(12-14)15-8-10-19-11-9-15/h3-5,8-12H,2,6-7,13H2,1H3,(H,22,23). The molecule has 0 aliphatic carbocycles. The van der Waals surface area contributed by atoms with Gasteiger partial charge in [-0.1, -0.05) is 18.2 Å². The zero-order valence-corrected chi connectivity index (χ0v) is 13.1. The van der Waals surface area contributed by atoms with Gasteiger partial charge in [-0.2, -0.15) is 0 Å². The number of carboxylic acid groups (broad SMARTS) is 1. The molecule has 2 rings (SSSR count).